The number of rotatable bonds is 11. The van der Waals surface area contributed by atoms with Crippen LogP contribution in [-0.2, 0) is 33.6 Å². The van der Waals surface area contributed by atoms with Crippen molar-refractivity contribution in [3.63, 3.8) is 0 Å². The van der Waals surface area contributed by atoms with Gasteiger partial charge in [0.05, 0.1) is 23.3 Å². The lowest BCUT2D eigenvalue weighted by Gasteiger charge is -2.17. The van der Waals surface area contributed by atoms with E-state index in [2.05, 4.69) is 29.8 Å². The van der Waals surface area contributed by atoms with Crippen molar-refractivity contribution in [3.05, 3.63) is 67.1 Å². The number of aryl methyl sites for hydroxylation is 4. The second kappa shape index (κ2) is 12.3. The highest BCUT2D eigenvalue weighted by atomic mass is 31.2. The molecule has 2 aliphatic rings. The minimum Gasteiger partial charge on any atom is -0.506 e. The monoisotopic (exact) mass is 586 g/mol. The van der Waals surface area contributed by atoms with Gasteiger partial charge in [0, 0.05) is 36.8 Å². The fraction of sp³-hybridized carbons (Fsp3) is 0.385. The molecule has 3 heterocycles. The number of unbranched alkanes of at least 4 members (excludes halogenated alkanes) is 2. The number of aromatic nitrogens is 5. The van der Waals surface area contributed by atoms with Crippen LogP contribution in [0, 0.1) is 20.8 Å². The lowest BCUT2D eigenvalue weighted by molar-refractivity contribution is -0.121. The molecule has 41 heavy (non-hydrogen) atoms. The minimum atomic E-state index is -4.74. The predicted molar refractivity (Wildman–Crippen MR) is 148 cm³/mol. The molecule has 0 fully saturated rings. The number of H-pyrrole nitrogens is 1. The maximum Gasteiger partial charge on any atom is 0.469 e. The zero-order chi connectivity index (χ0) is 29.9. The third kappa shape index (κ3) is 7.22. The number of amides is 1. The number of aromatic hydroxyl groups is 1. The largest absolute Gasteiger partial charge is 0.506 e. The second-order valence-corrected chi connectivity index (χ2v) is 11.0. The van der Waals surface area contributed by atoms with E-state index < -0.39 is 25.7 Å². The molecule has 1 aromatic heterocycles. The van der Waals surface area contributed by atoms with Crippen LogP contribution in [0.25, 0.3) is 22.6 Å². The van der Waals surface area contributed by atoms with E-state index in [1.54, 1.807) is 6.92 Å². The Morgan fingerprint density at radius 1 is 1.10 bits per heavy atom. The van der Waals surface area contributed by atoms with Crippen LogP contribution >= 0.6 is 7.82 Å². The van der Waals surface area contributed by atoms with Gasteiger partial charge in [0.2, 0.25) is 5.91 Å². The summed E-state index contributed by atoms with van der Waals surface area (Å²) in [6.45, 7) is 5.37. The Morgan fingerprint density at radius 2 is 1.83 bits per heavy atom. The van der Waals surface area contributed by atoms with E-state index in [1.807, 2.05) is 30.5 Å². The number of nitrogens with zero attached hydrogens (tertiary/aromatic N) is 4. The van der Waals surface area contributed by atoms with Crippen molar-refractivity contribution >= 4 is 24.8 Å². The van der Waals surface area contributed by atoms with Crippen molar-refractivity contribution < 1.29 is 28.8 Å². The van der Waals surface area contributed by atoms with Crippen LogP contribution < -0.4 is 16.6 Å². The summed E-state index contributed by atoms with van der Waals surface area (Å²) >= 11 is 0. The molecule has 1 amide bonds. The number of hydrogen-bond acceptors (Lipinski definition) is 9. The molecular weight excluding hydrogens is 555 g/mol. The van der Waals surface area contributed by atoms with Crippen molar-refractivity contribution in [3.8, 4) is 17.3 Å². The fourth-order valence-corrected chi connectivity index (χ4v) is 4.75. The Labute approximate surface area is 234 Å². The summed E-state index contributed by atoms with van der Waals surface area (Å²) in [5.74, 6) is -0.258. The first-order valence-corrected chi connectivity index (χ1v) is 14.4. The summed E-state index contributed by atoms with van der Waals surface area (Å²) in [5, 5.41) is 13.1. The molecular formula is C26H31N6O8P. The highest BCUT2D eigenvalue weighted by molar-refractivity contribution is 7.46. The number of pyridine rings is 1. The maximum absolute atomic E-state index is 12.5. The highest BCUT2D eigenvalue weighted by Crippen LogP contribution is 2.38. The average Bonchev–Trinajstić information content (AvgIpc) is 2.89. The summed E-state index contributed by atoms with van der Waals surface area (Å²) in [6.07, 6.45) is 3.36. The van der Waals surface area contributed by atoms with Crippen LogP contribution in [-0.4, -0.2) is 45.3 Å². The number of phosphoric ester groups is 1. The maximum atomic E-state index is 12.5. The Morgan fingerprint density at radius 3 is 2.56 bits per heavy atom. The number of benzene rings is 1. The number of carbonyl (C=O) groups excluding carboxylic acids is 1. The second-order valence-electron chi connectivity index (χ2n) is 9.78. The zero-order valence-electron chi connectivity index (χ0n) is 22.8. The molecule has 0 bridgehead atoms. The standard InChI is InChI=1S/C26H31N6O8P/c1-14-9-19-20(10-15(14)2)32(24-22(29-19)25(35)31-26(36)30-24)8-6-4-5-7-21(33)28-12-18-17(13-40-41(37,38)39)11-27-16(3)23(18)34/h9-11,34H,4-8,12-13H2,1-3H3,(H,28,33)(H,31,35,36)(H2,37,38,39). The van der Waals surface area contributed by atoms with E-state index in [9.17, 15) is 24.1 Å². The van der Waals surface area contributed by atoms with Crippen LogP contribution in [0.4, 0.5) is 0 Å². The first-order valence-electron chi connectivity index (χ1n) is 12.9. The van der Waals surface area contributed by atoms with Gasteiger partial charge in [-0.3, -0.25) is 24.1 Å². The summed E-state index contributed by atoms with van der Waals surface area (Å²) < 4.78 is 17.4. The molecule has 15 heteroatoms. The van der Waals surface area contributed by atoms with Gasteiger partial charge in [0.1, 0.15) is 5.75 Å². The minimum absolute atomic E-state index is 0.0742. The lowest BCUT2D eigenvalue weighted by atomic mass is 10.1. The van der Waals surface area contributed by atoms with E-state index in [0.717, 1.165) is 16.6 Å². The first kappa shape index (κ1) is 30.0. The van der Waals surface area contributed by atoms with Crippen LogP contribution in [0.3, 0.4) is 0 Å². The van der Waals surface area contributed by atoms with Crippen molar-refractivity contribution in [1.82, 2.24) is 29.8 Å². The van der Waals surface area contributed by atoms with Crippen molar-refractivity contribution in [2.75, 3.05) is 0 Å². The number of phosphoric acid groups is 1. The van der Waals surface area contributed by atoms with E-state index in [4.69, 9.17) is 9.79 Å². The Hall–Kier alpha value is -3.97. The van der Waals surface area contributed by atoms with Crippen LogP contribution in [0.5, 0.6) is 5.75 Å². The Balaban J connectivity index is 1.39. The smallest absolute Gasteiger partial charge is 0.469 e. The van der Waals surface area contributed by atoms with Gasteiger partial charge in [-0.15, -0.1) is 0 Å². The number of aromatic amines is 1. The normalized spacial score (nSPS) is 11.8. The number of fused-ring (bicyclic) bond motifs is 2. The number of carbonyl (C=O) groups is 1. The molecule has 0 spiro atoms. The van der Waals surface area contributed by atoms with Gasteiger partial charge in [-0.25, -0.2) is 14.3 Å². The topological polar surface area (TPSA) is 210 Å². The number of nitrogens with one attached hydrogen (secondary N) is 2. The fourth-order valence-electron chi connectivity index (χ4n) is 4.44. The molecule has 14 nitrogen and oxygen atoms in total. The van der Waals surface area contributed by atoms with Crippen LogP contribution in [0.15, 0.2) is 27.9 Å². The first-order chi connectivity index (χ1) is 19.3. The zero-order valence-corrected chi connectivity index (χ0v) is 23.7. The van der Waals surface area contributed by atoms with Gasteiger partial charge in [0.25, 0.3) is 5.56 Å². The van der Waals surface area contributed by atoms with E-state index in [-0.39, 0.29) is 47.3 Å². The molecule has 0 unspecified atom stereocenters. The molecule has 218 valence electrons. The summed E-state index contributed by atoms with van der Waals surface area (Å²) in [4.78, 5) is 69.4. The molecule has 0 aliphatic carbocycles. The molecule has 0 radical (unpaired) electrons. The van der Waals surface area contributed by atoms with Gasteiger partial charge in [-0.1, -0.05) is 6.42 Å². The van der Waals surface area contributed by atoms with Gasteiger partial charge in [-0.05, 0) is 56.9 Å². The molecule has 2 aromatic rings. The SMILES string of the molecule is Cc1cc2nc3c(=O)[nH]c(=O)nc-3n(CCCCCC(=O)NCc3c(COP(=O)(O)O)cnc(C)c3O)c2cc1C. The quantitative estimate of drug-likeness (QED) is 0.0976. The highest BCUT2D eigenvalue weighted by Gasteiger charge is 2.20. The molecule has 4 rings (SSSR count). The molecule has 2 aliphatic heterocycles. The van der Waals surface area contributed by atoms with Gasteiger partial charge in [-0.2, -0.15) is 4.98 Å². The van der Waals surface area contributed by atoms with Gasteiger partial charge < -0.3 is 24.8 Å². The summed E-state index contributed by atoms with van der Waals surface area (Å²) in [6, 6.07) is 3.84. The van der Waals surface area contributed by atoms with Gasteiger partial charge >= 0.3 is 13.5 Å². The molecule has 0 saturated carbocycles. The lowest BCUT2D eigenvalue weighted by Crippen LogP contribution is -2.29. The van der Waals surface area contributed by atoms with E-state index in [0.29, 0.717) is 37.0 Å². The third-order valence-corrected chi connectivity index (χ3v) is 7.26. The van der Waals surface area contributed by atoms with E-state index >= 15 is 0 Å². The molecule has 0 atom stereocenters. The van der Waals surface area contributed by atoms with Gasteiger partial charge in [0.15, 0.2) is 11.5 Å². The average molecular weight is 587 g/mol. The molecule has 5 N–H and O–H groups in total. The van der Waals surface area contributed by atoms with Crippen LogP contribution in [0.1, 0.15) is 53.6 Å². The van der Waals surface area contributed by atoms with Crippen molar-refractivity contribution in [2.24, 2.45) is 0 Å². The third-order valence-electron chi connectivity index (χ3n) is 6.79. The van der Waals surface area contributed by atoms with Crippen LogP contribution in [0.2, 0.25) is 0 Å². The molecule has 1 aromatic carbocycles. The Bertz CT molecular complexity index is 1740. The Kier molecular flexibility index (Phi) is 8.98. The summed E-state index contributed by atoms with van der Waals surface area (Å²) in [7, 11) is -4.74. The summed E-state index contributed by atoms with van der Waals surface area (Å²) in [5.41, 5.74) is 2.96. The van der Waals surface area contributed by atoms with Crippen molar-refractivity contribution in [1.29, 1.82) is 0 Å². The number of hydrogen-bond donors (Lipinski definition) is 5. The molecule has 0 saturated heterocycles. The predicted octanol–water partition coefficient (Wildman–Crippen LogP) is 2.10. The van der Waals surface area contributed by atoms with E-state index in [1.165, 1.54) is 6.20 Å². The van der Waals surface area contributed by atoms with Crippen molar-refractivity contribution in [2.45, 2.75) is 66.2 Å².